The Labute approximate surface area is 107 Å². The van der Waals surface area contributed by atoms with Gasteiger partial charge in [-0.2, -0.15) is 5.10 Å². The molecule has 0 spiro atoms. The maximum atomic E-state index is 10.6. The molecule has 17 heavy (non-hydrogen) atoms. The van der Waals surface area contributed by atoms with Crippen LogP contribution in [0.15, 0.2) is 6.20 Å². The van der Waals surface area contributed by atoms with Gasteiger partial charge in [-0.05, 0) is 19.8 Å². The summed E-state index contributed by atoms with van der Waals surface area (Å²) in [7, 11) is 1.79. The smallest absolute Gasteiger partial charge is 0.126 e. The highest BCUT2D eigenvalue weighted by Gasteiger charge is 2.44. The minimum Gasteiger partial charge on any atom is -0.384 e. The van der Waals surface area contributed by atoms with Gasteiger partial charge in [0.2, 0.25) is 0 Å². The second-order valence-corrected chi connectivity index (χ2v) is 5.02. The summed E-state index contributed by atoms with van der Waals surface area (Å²) in [5, 5.41) is 15.2. The number of ether oxygens (including phenoxy) is 1. The van der Waals surface area contributed by atoms with E-state index in [1.54, 1.807) is 17.9 Å². The van der Waals surface area contributed by atoms with Crippen LogP contribution in [0.4, 0.5) is 0 Å². The van der Waals surface area contributed by atoms with Gasteiger partial charge in [0, 0.05) is 13.7 Å². The molecule has 4 nitrogen and oxygen atoms in total. The molecule has 1 aromatic heterocycles. The molecule has 2 rings (SSSR count). The molecule has 1 fully saturated rings. The van der Waals surface area contributed by atoms with Crippen LogP contribution in [0, 0.1) is 0 Å². The highest BCUT2D eigenvalue weighted by molar-refractivity contribution is 6.31. The number of halogens is 1. The van der Waals surface area contributed by atoms with E-state index in [0.29, 0.717) is 17.3 Å². The van der Waals surface area contributed by atoms with Gasteiger partial charge in [0.25, 0.3) is 0 Å². The molecule has 5 heteroatoms. The first-order valence-corrected chi connectivity index (χ1v) is 6.48. The minimum absolute atomic E-state index is 0.480. The Morgan fingerprint density at radius 1 is 1.59 bits per heavy atom. The van der Waals surface area contributed by atoms with Crippen molar-refractivity contribution in [3.63, 3.8) is 0 Å². The molecule has 0 amide bonds. The largest absolute Gasteiger partial charge is 0.384 e. The monoisotopic (exact) mass is 258 g/mol. The van der Waals surface area contributed by atoms with Gasteiger partial charge in [0.05, 0.1) is 22.5 Å². The Kier molecular flexibility index (Phi) is 3.76. The fraction of sp³-hybridized carbons (Fsp3) is 0.750. The summed E-state index contributed by atoms with van der Waals surface area (Å²) in [6.07, 6.45) is 4.80. The number of aliphatic hydroxyl groups is 1. The van der Waals surface area contributed by atoms with Gasteiger partial charge >= 0.3 is 0 Å². The molecule has 1 heterocycles. The van der Waals surface area contributed by atoms with Crippen molar-refractivity contribution in [1.29, 1.82) is 0 Å². The molecular formula is C12H19ClN2O2. The third-order valence-corrected chi connectivity index (χ3v) is 3.87. The summed E-state index contributed by atoms with van der Waals surface area (Å²) in [6, 6.07) is 0. The molecule has 1 saturated carbocycles. The number of aryl methyl sites for hydroxylation is 1. The van der Waals surface area contributed by atoms with Gasteiger partial charge in [0.1, 0.15) is 6.10 Å². The van der Waals surface area contributed by atoms with Crippen molar-refractivity contribution >= 4 is 11.6 Å². The molecule has 0 saturated heterocycles. The maximum Gasteiger partial charge on any atom is 0.126 e. The number of hydrogen-bond acceptors (Lipinski definition) is 3. The summed E-state index contributed by atoms with van der Waals surface area (Å²) in [6.45, 7) is 2.56. The zero-order valence-electron chi connectivity index (χ0n) is 10.3. The van der Waals surface area contributed by atoms with E-state index >= 15 is 0 Å². The van der Waals surface area contributed by atoms with E-state index in [2.05, 4.69) is 5.10 Å². The average Bonchev–Trinajstić information content (AvgIpc) is 2.88. The molecule has 0 aromatic carbocycles. The molecule has 1 atom stereocenters. The lowest BCUT2D eigenvalue weighted by Gasteiger charge is -2.34. The van der Waals surface area contributed by atoms with Crippen LogP contribution in [0.3, 0.4) is 0 Å². The zero-order valence-corrected chi connectivity index (χ0v) is 11.1. The quantitative estimate of drug-likeness (QED) is 0.903. The summed E-state index contributed by atoms with van der Waals surface area (Å²) in [4.78, 5) is 0. The number of nitrogens with zero attached hydrogens (tertiary/aromatic N) is 2. The first-order chi connectivity index (χ1) is 8.10. The van der Waals surface area contributed by atoms with Crippen molar-refractivity contribution in [3.8, 4) is 0 Å². The lowest BCUT2D eigenvalue weighted by atomic mass is 9.92. The number of hydrogen-bond donors (Lipinski definition) is 1. The van der Waals surface area contributed by atoms with Gasteiger partial charge < -0.3 is 9.84 Å². The van der Waals surface area contributed by atoms with E-state index in [9.17, 15) is 5.11 Å². The lowest BCUT2D eigenvalue weighted by Crippen LogP contribution is -2.37. The van der Waals surface area contributed by atoms with Gasteiger partial charge in [-0.15, -0.1) is 0 Å². The molecule has 1 aromatic rings. The highest BCUT2D eigenvalue weighted by Crippen LogP contribution is 2.44. The van der Waals surface area contributed by atoms with E-state index < -0.39 is 11.7 Å². The predicted molar refractivity (Wildman–Crippen MR) is 66.0 cm³/mol. The number of rotatable bonds is 4. The van der Waals surface area contributed by atoms with Gasteiger partial charge in [-0.1, -0.05) is 24.4 Å². The summed E-state index contributed by atoms with van der Waals surface area (Å²) < 4.78 is 7.47. The van der Waals surface area contributed by atoms with E-state index in [4.69, 9.17) is 16.3 Å². The van der Waals surface area contributed by atoms with Crippen LogP contribution in [0.25, 0.3) is 0 Å². The third kappa shape index (κ3) is 2.21. The van der Waals surface area contributed by atoms with E-state index in [1.807, 2.05) is 6.92 Å². The SMILES string of the molecule is CCOC1(C(O)c2c(Cl)cnn2C)CCCC1. The lowest BCUT2D eigenvalue weighted by molar-refractivity contribution is -0.121. The van der Waals surface area contributed by atoms with Crippen molar-refractivity contribution in [3.05, 3.63) is 16.9 Å². The van der Waals surface area contributed by atoms with Gasteiger partial charge in [-0.25, -0.2) is 0 Å². The maximum absolute atomic E-state index is 10.6. The Bertz CT molecular complexity index is 366. The summed E-state index contributed by atoms with van der Waals surface area (Å²) in [5.41, 5.74) is 0.175. The number of aliphatic hydroxyl groups excluding tert-OH is 1. The van der Waals surface area contributed by atoms with Gasteiger partial charge in [0.15, 0.2) is 0 Å². The average molecular weight is 259 g/mol. The Morgan fingerprint density at radius 3 is 2.71 bits per heavy atom. The van der Waals surface area contributed by atoms with E-state index in [-0.39, 0.29) is 0 Å². The second-order valence-electron chi connectivity index (χ2n) is 4.61. The van der Waals surface area contributed by atoms with Crippen LogP contribution in [0.2, 0.25) is 5.02 Å². The van der Waals surface area contributed by atoms with E-state index in [1.165, 1.54) is 0 Å². The second kappa shape index (κ2) is 4.96. The Balaban J connectivity index is 2.31. The number of aromatic nitrogens is 2. The Hall–Kier alpha value is -0.580. The Morgan fingerprint density at radius 2 is 2.24 bits per heavy atom. The fourth-order valence-corrected chi connectivity index (χ4v) is 3.00. The van der Waals surface area contributed by atoms with Crippen LogP contribution < -0.4 is 0 Å². The normalized spacial score (nSPS) is 20.7. The third-order valence-electron chi connectivity index (χ3n) is 3.58. The van der Waals surface area contributed by atoms with Crippen molar-refractivity contribution < 1.29 is 9.84 Å². The summed E-state index contributed by atoms with van der Waals surface area (Å²) in [5.74, 6) is 0. The van der Waals surface area contributed by atoms with Gasteiger partial charge in [-0.3, -0.25) is 4.68 Å². The molecule has 1 unspecified atom stereocenters. The van der Waals surface area contributed by atoms with Crippen LogP contribution >= 0.6 is 11.6 Å². The molecule has 96 valence electrons. The van der Waals surface area contributed by atoms with Crippen LogP contribution in [0.5, 0.6) is 0 Å². The first-order valence-electron chi connectivity index (χ1n) is 6.10. The topological polar surface area (TPSA) is 47.3 Å². The molecule has 1 aliphatic carbocycles. The first kappa shape index (κ1) is 12.9. The van der Waals surface area contributed by atoms with Crippen molar-refractivity contribution in [2.45, 2.75) is 44.3 Å². The van der Waals surface area contributed by atoms with E-state index in [0.717, 1.165) is 25.7 Å². The van der Waals surface area contributed by atoms with Crippen molar-refractivity contribution in [2.24, 2.45) is 7.05 Å². The molecule has 0 bridgehead atoms. The molecular weight excluding hydrogens is 240 g/mol. The molecule has 0 aliphatic heterocycles. The van der Waals surface area contributed by atoms with Crippen molar-refractivity contribution in [2.75, 3.05) is 6.61 Å². The standard InChI is InChI=1S/C12H19ClN2O2/c1-3-17-12(6-4-5-7-12)11(16)10-9(13)8-14-15(10)2/h8,11,16H,3-7H2,1-2H3. The molecule has 1 aliphatic rings. The molecule has 0 radical (unpaired) electrons. The van der Waals surface area contributed by atoms with Crippen LogP contribution in [-0.4, -0.2) is 27.1 Å². The summed E-state index contributed by atoms with van der Waals surface area (Å²) >= 11 is 6.08. The molecule has 1 N–H and O–H groups in total. The predicted octanol–water partition coefficient (Wildman–Crippen LogP) is 2.46. The van der Waals surface area contributed by atoms with Crippen LogP contribution in [-0.2, 0) is 11.8 Å². The minimum atomic E-state index is -0.704. The van der Waals surface area contributed by atoms with Crippen molar-refractivity contribution in [1.82, 2.24) is 9.78 Å². The zero-order chi connectivity index (χ0) is 12.5. The highest BCUT2D eigenvalue weighted by atomic mass is 35.5. The fourth-order valence-electron chi connectivity index (χ4n) is 2.73. The van der Waals surface area contributed by atoms with Crippen LogP contribution in [0.1, 0.15) is 44.4 Å².